The van der Waals surface area contributed by atoms with Gasteiger partial charge in [0.15, 0.2) is 0 Å². The van der Waals surface area contributed by atoms with E-state index in [4.69, 9.17) is 10.5 Å². The molecule has 0 saturated heterocycles. The molecule has 0 aromatic heterocycles. The molecule has 0 bridgehead atoms. The van der Waals surface area contributed by atoms with Crippen LogP contribution >= 0.6 is 12.4 Å². The van der Waals surface area contributed by atoms with Crippen LogP contribution in [0, 0.1) is 5.92 Å². The fraction of sp³-hybridized carbons (Fsp3) is 0.588. The molecule has 1 saturated carbocycles. The maximum atomic E-state index is 12.1. The average Bonchev–Trinajstić information content (AvgIpc) is 3.00. The van der Waals surface area contributed by atoms with Crippen LogP contribution in [0.25, 0.3) is 0 Å². The Morgan fingerprint density at radius 2 is 2.14 bits per heavy atom. The van der Waals surface area contributed by atoms with Gasteiger partial charge in [-0.05, 0) is 50.3 Å². The number of anilines is 1. The van der Waals surface area contributed by atoms with E-state index in [-0.39, 0.29) is 24.4 Å². The van der Waals surface area contributed by atoms with Crippen molar-refractivity contribution in [1.82, 2.24) is 5.32 Å². The van der Waals surface area contributed by atoms with E-state index in [2.05, 4.69) is 5.32 Å². The summed E-state index contributed by atoms with van der Waals surface area (Å²) < 4.78 is 5.86. The van der Waals surface area contributed by atoms with Crippen molar-refractivity contribution >= 4 is 24.0 Å². The highest BCUT2D eigenvalue weighted by Gasteiger charge is 2.25. The Labute approximate surface area is 139 Å². The lowest BCUT2D eigenvalue weighted by atomic mass is 9.98. The molecule has 1 unspecified atom stereocenters. The van der Waals surface area contributed by atoms with Crippen LogP contribution in [-0.2, 0) is 4.74 Å². The van der Waals surface area contributed by atoms with Gasteiger partial charge in [0.1, 0.15) is 0 Å². The molecular formula is C17H27ClN2O2. The number of halogens is 1. The van der Waals surface area contributed by atoms with E-state index >= 15 is 0 Å². The Hall–Kier alpha value is -1.26. The molecule has 4 nitrogen and oxygen atoms in total. The summed E-state index contributed by atoms with van der Waals surface area (Å²) in [6.07, 6.45) is 6.29. The Morgan fingerprint density at radius 1 is 1.41 bits per heavy atom. The highest BCUT2D eigenvalue weighted by molar-refractivity contribution is 5.94. The largest absolute Gasteiger partial charge is 0.399 e. The van der Waals surface area contributed by atoms with Crippen LogP contribution in [0.15, 0.2) is 24.3 Å². The summed E-state index contributed by atoms with van der Waals surface area (Å²) in [7, 11) is 0. The molecule has 1 fully saturated rings. The first-order valence-electron chi connectivity index (χ1n) is 7.96. The number of nitrogens with one attached hydrogen (secondary N) is 1. The zero-order valence-corrected chi connectivity index (χ0v) is 14.0. The van der Waals surface area contributed by atoms with E-state index in [1.54, 1.807) is 24.3 Å². The Bertz CT molecular complexity index is 462. The number of carbonyl (C=O) groups is 1. The SMILES string of the molecule is CCOC(CCNC(=O)c1cccc(N)c1)C1CCCC1.Cl. The minimum atomic E-state index is -0.0658. The lowest BCUT2D eigenvalue weighted by Crippen LogP contribution is -2.31. The molecule has 1 aromatic carbocycles. The normalized spacial score (nSPS) is 16.0. The van der Waals surface area contributed by atoms with Gasteiger partial charge in [-0.15, -0.1) is 12.4 Å². The number of rotatable bonds is 7. The Kier molecular flexibility index (Phi) is 8.28. The molecule has 0 spiro atoms. The van der Waals surface area contributed by atoms with E-state index < -0.39 is 0 Å². The van der Waals surface area contributed by atoms with Crippen LogP contribution in [0.5, 0.6) is 0 Å². The van der Waals surface area contributed by atoms with Gasteiger partial charge in [0.25, 0.3) is 5.91 Å². The standard InChI is InChI=1S/C17H26N2O2.ClH/c1-2-21-16(13-6-3-4-7-13)10-11-19-17(20)14-8-5-9-15(18)12-14;/h5,8-9,12-13,16H,2-4,6-7,10-11,18H2,1H3,(H,19,20);1H. The van der Waals surface area contributed by atoms with Gasteiger partial charge in [0.2, 0.25) is 0 Å². The molecule has 2 rings (SSSR count). The molecule has 1 aliphatic carbocycles. The third-order valence-corrected chi connectivity index (χ3v) is 4.17. The number of nitrogens with two attached hydrogens (primary N) is 1. The predicted octanol–water partition coefficient (Wildman–Crippen LogP) is 3.41. The first-order valence-corrected chi connectivity index (χ1v) is 7.96. The van der Waals surface area contributed by atoms with Crippen LogP contribution in [0.1, 0.15) is 49.4 Å². The molecule has 22 heavy (non-hydrogen) atoms. The molecule has 1 aliphatic rings. The first-order chi connectivity index (χ1) is 10.2. The van der Waals surface area contributed by atoms with Crippen LogP contribution in [-0.4, -0.2) is 25.2 Å². The van der Waals surface area contributed by atoms with Gasteiger partial charge in [-0.1, -0.05) is 18.9 Å². The van der Waals surface area contributed by atoms with Crippen LogP contribution < -0.4 is 11.1 Å². The molecule has 0 radical (unpaired) electrons. The quantitative estimate of drug-likeness (QED) is 0.755. The van der Waals surface area contributed by atoms with Gasteiger partial charge in [-0.25, -0.2) is 0 Å². The third kappa shape index (κ3) is 5.50. The molecule has 1 amide bonds. The minimum absolute atomic E-state index is 0. The number of carbonyl (C=O) groups excluding carboxylic acids is 1. The van der Waals surface area contributed by atoms with E-state index in [0.717, 1.165) is 13.0 Å². The molecule has 124 valence electrons. The summed E-state index contributed by atoms with van der Waals surface area (Å²) in [6, 6.07) is 7.06. The molecule has 1 atom stereocenters. The van der Waals surface area contributed by atoms with Crippen LogP contribution in [0.3, 0.4) is 0 Å². The third-order valence-electron chi connectivity index (χ3n) is 4.17. The topological polar surface area (TPSA) is 64.3 Å². The molecule has 1 aromatic rings. The highest BCUT2D eigenvalue weighted by Crippen LogP contribution is 2.30. The molecule has 5 heteroatoms. The second-order valence-corrected chi connectivity index (χ2v) is 5.71. The fourth-order valence-electron chi connectivity index (χ4n) is 3.11. The molecule has 3 N–H and O–H groups in total. The molecule has 0 aliphatic heterocycles. The van der Waals surface area contributed by atoms with Crippen molar-refractivity contribution in [2.75, 3.05) is 18.9 Å². The summed E-state index contributed by atoms with van der Waals surface area (Å²) in [5, 5.41) is 2.96. The second-order valence-electron chi connectivity index (χ2n) is 5.71. The van der Waals surface area contributed by atoms with Crippen molar-refractivity contribution in [3.63, 3.8) is 0 Å². The molecule has 0 heterocycles. The van der Waals surface area contributed by atoms with Gasteiger partial charge in [0.05, 0.1) is 6.10 Å². The van der Waals surface area contributed by atoms with E-state index in [9.17, 15) is 4.79 Å². The van der Waals surface area contributed by atoms with Gasteiger partial charge in [0, 0.05) is 24.4 Å². The summed E-state index contributed by atoms with van der Waals surface area (Å²) in [6.45, 7) is 3.42. The predicted molar refractivity (Wildman–Crippen MR) is 92.4 cm³/mol. The smallest absolute Gasteiger partial charge is 0.251 e. The summed E-state index contributed by atoms with van der Waals surface area (Å²) in [5.74, 6) is 0.596. The second kappa shape index (κ2) is 9.70. The number of hydrogen-bond acceptors (Lipinski definition) is 3. The monoisotopic (exact) mass is 326 g/mol. The summed E-state index contributed by atoms with van der Waals surface area (Å²) in [4.78, 5) is 12.1. The van der Waals surface area contributed by atoms with E-state index in [1.807, 2.05) is 6.92 Å². The lowest BCUT2D eigenvalue weighted by molar-refractivity contribution is 0.0163. The van der Waals surface area contributed by atoms with Crippen molar-refractivity contribution in [1.29, 1.82) is 0 Å². The van der Waals surface area contributed by atoms with E-state index in [0.29, 0.717) is 23.7 Å². The van der Waals surface area contributed by atoms with Crippen molar-refractivity contribution in [2.45, 2.75) is 45.1 Å². The Morgan fingerprint density at radius 3 is 2.77 bits per heavy atom. The number of benzene rings is 1. The maximum absolute atomic E-state index is 12.1. The number of hydrogen-bond donors (Lipinski definition) is 2. The number of nitrogen functional groups attached to an aromatic ring is 1. The molecular weight excluding hydrogens is 300 g/mol. The number of ether oxygens (including phenoxy) is 1. The van der Waals surface area contributed by atoms with Gasteiger partial charge in [-0.3, -0.25) is 4.79 Å². The van der Waals surface area contributed by atoms with Gasteiger partial charge < -0.3 is 15.8 Å². The van der Waals surface area contributed by atoms with Crippen molar-refractivity contribution in [3.8, 4) is 0 Å². The Balaban J connectivity index is 0.00000242. The van der Waals surface area contributed by atoms with E-state index in [1.165, 1.54) is 25.7 Å². The van der Waals surface area contributed by atoms with Crippen molar-refractivity contribution < 1.29 is 9.53 Å². The lowest BCUT2D eigenvalue weighted by Gasteiger charge is -2.23. The first kappa shape index (κ1) is 18.8. The summed E-state index contributed by atoms with van der Waals surface area (Å²) in [5.41, 5.74) is 6.92. The maximum Gasteiger partial charge on any atom is 0.251 e. The van der Waals surface area contributed by atoms with Gasteiger partial charge in [-0.2, -0.15) is 0 Å². The zero-order chi connectivity index (χ0) is 15.1. The van der Waals surface area contributed by atoms with Crippen molar-refractivity contribution in [2.24, 2.45) is 5.92 Å². The number of amides is 1. The van der Waals surface area contributed by atoms with Gasteiger partial charge >= 0.3 is 0 Å². The van der Waals surface area contributed by atoms with Crippen LogP contribution in [0.4, 0.5) is 5.69 Å². The average molecular weight is 327 g/mol. The highest BCUT2D eigenvalue weighted by atomic mass is 35.5. The van der Waals surface area contributed by atoms with Crippen molar-refractivity contribution in [3.05, 3.63) is 29.8 Å². The summed E-state index contributed by atoms with van der Waals surface area (Å²) >= 11 is 0. The zero-order valence-electron chi connectivity index (χ0n) is 13.2. The van der Waals surface area contributed by atoms with Crippen LogP contribution in [0.2, 0.25) is 0 Å². The minimum Gasteiger partial charge on any atom is -0.399 e. The fourth-order valence-corrected chi connectivity index (χ4v) is 3.11.